The van der Waals surface area contributed by atoms with Crippen molar-refractivity contribution in [1.29, 1.82) is 0 Å². The normalized spacial score (nSPS) is 11.3. The van der Waals surface area contributed by atoms with Crippen molar-refractivity contribution in [3.8, 4) is 11.3 Å². The maximum atomic E-state index is 13.3. The van der Waals surface area contributed by atoms with Gasteiger partial charge in [0.1, 0.15) is 11.5 Å². The molecule has 0 fully saturated rings. The molecule has 0 N–H and O–H groups in total. The molecule has 136 valence electrons. The largest absolute Gasteiger partial charge is 0.294 e. The molecule has 0 aliphatic heterocycles. The van der Waals surface area contributed by atoms with Gasteiger partial charge < -0.3 is 0 Å². The molecule has 0 bridgehead atoms. The van der Waals surface area contributed by atoms with Crippen molar-refractivity contribution in [2.75, 3.05) is 0 Å². The van der Waals surface area contributed by atoms with Gasteiger partial charge in [-0.15, -0.1) is 11.3 Å². The molecule has 2 heterocycles. The van der Waals surface area contributed by atoms with Crippen LogP contribution in [-0.2, 0) is 6.54 Å². The summed E-state index contributed by atoms with van der Waals surface area (Å²) in [6.45, 7) is 6.28. The molecule has 0 radical (unpaired) electrons. The highest BCUT2D eigenvalue weighted by Crippen LogP contribution is 2.29. The van der Waals surface area contributed by atoms with E-state index < -0.39 is 0 Å². The van der Waals surface area contributed by atoms with Crippen LogP contribution in [0.15, 0.2) is 47.3 Å². The minimum atomic E-state index is -0.306. The number of halogens is 1. The van der Waals surface area contributed by atoms with Gasteiger partial charge in [0.25, 0.3) is 5.56 Å². The van der Waals surface area contributed by atoms with Gasteiger partial charge in [-0.25, -0.2) is 14.1 Å². The van der Waals surface area contributed by atoms with E-state index in [9.17, 15) is 9.18 Å². The Kier molecular flexibility index (Phi) is 4.36. The van der Waals surface area contributed by atoms with E-state index >= 15 is 0 Å². The molecular weight excluding hydrogens is 361 g/mol. The number of hydrogen-bond donors (Lipinski definition) is 0. The highest BCUT2D eigenvalue weighted by molar-refractivity contribution is 7.19. The third-order valence-electron chi connectivity index (χ3n) is 4.55. The first-order chi connectivity index (χ1) is 12.9. The number of benzene rings is 2. The van der Waals surface area contributed by atoms with Crippen LogP contribution in [0.2, 0.25) is 0 Å². The first-order valence-electron chi connectivity index (χ1n) is 8.62. The lowest BCUT2D eigenvalue weighted by atomic mass is 10.1. The van der Waals surface area contributed by atoms with Crippen LogP contribution in [0.5, 0.6) is 0 Å². The SMILES string of the molecule is Cc1ccc(C)c(Cn2nc(-c3ccc(F)cc3)c3sc(C)nc3c2=O)c1. The van der Waals surface area contributed by atoms with Crippen LogP contribution in [0, 0.1) is 26.6 Å². The molecule has 0 saturated heterocycles. The lowest BCUT2D eigenvalue weighted by molar-refractivity contribution is 0.627. The van der Waals surface area contributed by atoms with Crippen molar-refractivity contribution in [3.63, 3.8) is 0 Å². The number of thiazole rings is 1. The van der Waals surface area contributed by atoms with Crippen LogP contribution in [-0.4, -0.2) is 14.8 Å². The molecule has 0 aliphatic carbocycles. The number of rotatable bonds is 3. The topological polar surface area (TPSA) is 47.8 Å². The van der Waals surface area contributed by atoms with Crippen molar-refractivity contribution in [2.24, 2.45) is 0 Å². The van der Waals surface area contributed by atoms with E-state index in [0.29, 0.717) is 17.8 Å². The standard InChI is InChI=1S/C21H18FN3OS/c1-12-4-5-13(2)16(10-12)11-25-21(26)19-20(27-14(3)23-19)18(24-25)15-6-8-17(22)9-7-15/h4-10H,11H2,1-3H3. The molecule has 4 nitrogen and oxygen atoms in total. The summed E-state index contributed by atoms with van der Waals surface area (Å²) >= 11 is 1.43. The Balaban J connectivity index is 1.93. The Morgan fingerprint density at radius 2 is 1.81 bits per heavy atom. The summed E-state index contributed by atoms with van der Waals surface area (Å²) in [5.74, 6) is -0.306. The van der Waals surface area contributed by atoms with Crippen molar-refractivity contribution in [2.45, 2.75) is 27.3 Å². The fourth-order valence-corrected chi connectivity index (χ4v) is 4.02. The van der Waals surface area contributed by atoms with E-state index in [1.165, 1.54) is 28.2 Å². The minimum absolute atomic E-state index is 0.207. The van der Waals surface area contributed by atoms with Gasteiger partial charge in [-0.2, -0.15) is 5.10 Å². The molecule has 0 unspecified atom stereocenters. The van der Waals surface area contributed by atoms with Gasteiger partial charge in [-0.1, -0.05) is 23.8 Å². The monoisotopic (exact) mass is 379 g/mol. The fourth-order valence-electron chi connectivity index (χ4n) is 3.10. The fraction of sp³-hybridized carbons (Fsp3) is 0.190. The molecule has 0 saturated carbocycles. The second-order valence-electron chi connectivity index (χ2n) is 6.66. The van der Waals surface area contributed by atoms with E-state index in [1.807, 2.05) is 32.9 Å². The summed E-state index contributed by atoms with van der Waals surface area (Å²) in [6, 6.07) is 12.3. The predicted octanol–water partition coefficient (Wildman–Crippen LogP) is 4.63. The predicted molar refractivity (Wildman–Crippen MR) is 107 cm³/mol. The van der Waals surface area contributed by atoms with Gasteiger partial charge >= 0.3 is 0 Å². The Morgan fingerprint density at radius 3 is 2.56 bits per heavy atom. The van der Waals surface area contributed by atoms with Crippen molar-refractivity contribution >= 4 is 21.6 Å². The molecule has 27 heavy (non-hydrogen) atoms. The minimum Gasteiger partial charge on any atom is -0.265 e. The summed E-state index contributed by atoms with van der Waals surface area (Å²) in [5, 5.41) is 5.43. The molecule has 4 rings (SSSR count). The number of aryl methyl sites for hydroxylation is 3. The Labute approximate surface area is 159 Å². The zero-order chi connectivity index (χ0) is 19.1. The number of hydrogen-bond acceptors (Lipinski definition) is 4. The van der Waals surface area contributed by atoms with E-state index in [1.54, 1.807) is 12.1 Å². The Bertz CT molecular complexity index is 1210. The lowest BCUT2D eigenvalue weighted by Gasteiger charge is -2.11. The Morgan fingerprint density at radius 1 is 1.07 bits per heavy atom. The first-order valence-corrected chi connectivity index (χ1v) is 9.44. The van der Waals surface area contributed by atoms with Gasteiger partial charge in [0.2, 0.25) is 0 Å². The van der Waals surface area contributed by atoms with Crippen LogP contribution in [0.25, 0.3) is 21.5 Å². The third kappa shape index (κ3) is 3.28. The zero-order valence-corrected chi connectivity index (χ0v) is 16.1. The molecule has 2 aromatic carbocycles. The van der Waals surface area contributed by atoms with Gasteiger partial charge in [0.05, 0.1) is 16.3 Å². The van der Waals surface area contributed by atoms with Crippen LogP contribution in [0.3, 0.4) is 0 Å². The van der Waals surface area contributed by atoms with Crippen LogP contribution >= 0.6 is 11.3 Å². The maximum absolute atomic E-state index is 13.3. The van der Waals surface area contributed by atoms with E-state index in [4.69, 9.17) is 0 Å². The molecule has 0 spiro atoms. The first kappa shape index (κ1) is 17.5. The van der Waals surface area contributed by atoms with Crippen LogP contribution in [0.1, 0.15) is 21.7 Å². The van der Waals surface area contributed by atoms with Crippen LogP contribution in [0.4, 0.5) is 4.39 Å². The van der Waals surface area contributed by atoms with E-state index in [2.05, 4.69) is 16.1 Å². The van der Waals surface area contributed by atoms with Gasteiger partial charge in [0.15, 0.2) is 5.52 Å². The van der Waals surface area contributed by atoms with Crippen molar-refractivity contribution < 1.29 is 4.39 Å². The highest BCUT2D eigenvalue weighted by Gasteiger charge is 2.17. The quantitative estimate of drug-likeness (QED) is 0.521. The van der Waals surface area contributed by atoms with Crippen molar-refractivity contribution in [1.82, 2.24) is 14.8 Å². The summed E-state index contributed by atoms with van der Waals surface area (Å²) < 4.78 is 15.5. The van der Waals surface area contributed by atoms with Gasteiger partial charge in [-0.05, 0) is 56.2 Å². The summed E-state index contributed by atoms with van der Waals surface area (Å²) in [4.78, 5) is 17.4. The summed E-state index contributed by atoms with van der Waals surface area (Å²) in [6.07, 6.45) is 0. The number of fused-ring (bicyclic) bond motifs is 1. The molecule has 0 amide bonds. The number of aromatic nitrogens is 3. The highest BCUT2D eigenvalue weighted by atomic mass is 32.1. The maximum Gasteiger partial charge on any atom is 0.294 e. The molecule has 2 aromatic heterocycles. The molecule has 4 aromatic rings. The van der Waals surface area contributed by atoms with E-state index in [-0.39, 0.29) is 11.4 Å². The molecule has 0 atom stereocenters. The third-order valence-corrected chi connectivity index (χ3v) is 5.53. The van der Waals surface area contributed by atoms with Gasteiger partial charge in [0, 0.05) is 5.56 Å². The van der Waals surface area contributed by atoms with E-state index in [0.717, 1.165) is 32.0 Å². The Hall–Kier alpha value is -2.86. The van der Waals surface area contributed by atoms with Crippen LogP contribution < -0.4 is 5.56 Å². The van der Waals surface area contributed by atoms with Gasteiger partial charge in [-0.3, -0.25) is 4.79 Å². The van der Waals surface area contributed by atoms with Crippen molar-refractivity contribution in [3.05, 3.63) is 80.3 Å². The molecular formula is C21H18FN3OS. The summed E-state index contributed by atoms with van der Waals surface area (Å²) in [5.41, 5.74) is 4.90. The smallest absolute Gasteiger partial charge is 0.265 e. The average molecular weight is 379 g/mol. The average Bonchev–Trinajstić information content (AvgIpc) is 3.03. The zero-order valence-electron chi connectivity index (χ0n) is 15.3. The molecule has 0 aliphatic rings. The molecule has 6 heteroatoms. The number of nitrogens with zero attached hydrogens (tertiary/aromatic N) is 3. The lowest BCUT2D eigenvalue weighted by Crippen LogP contribution is -2.24. The second kappa shape index (κ2) is 6.70. The summed E-state index contributed by atoms with van der Waals surface area (Å²) in [7, 11) is 0. The second-order valence-corrected chi connectivity index (χ2v) is 7.86.